The molecule has 2 heterocycles. The topological polar surface area (TPSA) is 66.5 Å². The average Bonchev–Trinajstić information content (AvgIpc) is 2.84. The van der Waals surface area contributed by atoms with Gasteiger partial charge < -0.3 is 10.3 Å². The predicted molar refractivity (Wildman–Crippen MR) is 82.9 cm³/mol. The van der Waals surface area contributed by atoms with Crippen LogP contribution < -0.4 is 5.32 Å². The third-order valence-corrected chi connectivity index (χ3v) is 4.01. The third kappa shape index (κ3) is 2.38. The van der Waals surface area contributed by atoms with Crippen molar-refractivity contribution in [3.05, 3.63) is 46.1 Å². The minimum atomic E-state index is 0.581. The Hall–Kier alpha value is -1.95. The van der Waals surface area contributed by atoms with Gasteiger partial charge in [-0.3, -0.25) is 0 Å². The van der Waals surface area contributed by atoms with Gasteiger partial charge in [-0.1, -0.05) is 12.1 Å². The second kappa shape index (κ2) is 5.20. The summed E-state index contributed by atoms with van der Waals surface area (Å²) < 4.78 is 0.897. The number of para-hydroxylation sites is 2. The molecule has 1 aromatic carbocycles. The van der Waals surface area contributed by atoms with Crippen molar-refractivity contribution in [1.82, 2.24) is 19.9 Å². The van der Waals surface area contributed by atoms with Crippen molar-refractivity contribution in [2.75, 3.05) is 12.4 Å². The summed E-state index contributed by atoms with van der Waals surface area (Å²) in [4.78, 5) is 16.8. The van der Waals surface area contributed by atoms with Crippen molar-refractivity contribution >= 4 is 32.8 Å². The standard InChI is InChI=1S/C14H14BrN5/c1-8-13(15)14(16-2)20-11(17-8)7-12-18-9-5-3-4-6-10(9)19-12/h3-6H,7H2,1-2H3,(H,18,19)(H,16,17,20). The lowest BCUT2D eigenvalue weighted by Crippen LogP contribution is -2.05. The monoisotopic (exact) mass is 331 g/mol. The maximum Gasteiger partial charge on any atom is 0.144 e. The largest absolute Gasteiger partial charge is 0.372 e. The molecule has 0 amide bonds. The van der Waals surface area contributed by atoms with E-state index in [2.05, 4.69) is 41.2 Å². The summed E-state index contributed by atoms with van der Waals surface area (Å²) in [6, 6.07) is 7.97. The third-order valence-electron chi connectivity index (χ3n) is 3.06. The quantitative estimate of drug-likeness (QED) is 0.774. The SMILES string of the molecule is CNc1nc(Cc2nc3ccccc3[nH]2)nc(C)c1Br. The molecule has 6 heteroatoms. The fourth-order valence-electron chi connectivity index (χ4n) is 2.10. The molecule has 0 aliphatic carbocycles. The molecule has 0 fully saturated rings. The molecule has 0 saturated heterocycles. The second-order valence-electron chi connectivity index (χ2n) is 4.52. The van der Waals surface area contributed by atoms with E-state index < -0.39 is 0 Å². The van der Waals surface area contributed by atoms with E-state index in [9.17, 15) is 0 Å². The van der Waals surface area contributed by atoms with Crippen molar-refractivity contribution in [2.45, 2.75) is 13.3 Å². The minimum absolute atomic E-state index is 0.581. The van der Waals surface area contributed by atoms with E-state index in [1.165, 1.54) is 0 Å². The molecule has 0 unspecified atom stereocenters. The summed E-state index contributed by atoms with van der Waals surface area (Å²) in [5.41, 5.74) is 2.91. The summed E-state index contributed by atoms with van der Waals surface area (Å²) in [6.45, 7) is 1.95. The van der Waals surface area contributed by atoms with E-state index in [0.29, 0.717) is 6.42 Å². The number of H-pyrrole nitrogens is 1. The summed E-state index contributed by atoms with van der Waals surface area (Å²) in [7, 11) is 1.84. The van der Waals surface area contributed by atoms with Crippen LogP contribution in [0.3, 0.4) is 0 Å². The Kier molecular flexibility index (Phi) is 3.40. The molecule has 0 atom stereocenters. The lowest BCUT2D eigenvalue weighted by atomic mass is 10.3. The number of fused-ring (bicyclic) bond motifs is 1. The molecule has 0 aliphatic heterocycles. The summed E-state index contributed by atoms with van der Waals surface area (Å²) >= 11 is 3.48. The van der Waals surface area contributed by atoms with Crippen LogP contribution in [0, 0.1) is 6.92 Å². The molecule has 2 N–H and O–H groups in total. The number of aryl methyl sites for hydroxylation is 1. The van der Waals surface area contributed by atoms with Crippen molar-refractivity contribution in [3.8, 4) is 0 Å². The van der Waals surface area contributed by atoms with Crippen molar-refractivity contribution < 1.29 is 0 Å². The van der Waals surface area contributed by atoms with Crippen molar-refractivity contribution in [2.24, 2.45) is 0 Å². The molecule has 0 radical (unpaired) electrons. The van der Waals surface area contributed by atoms with E-state index in [1.807, 2.05) is 38.2 Å². The molecule has 102 valence electrons. The Balaban J connectivity index is 1.96. The van der Waals surface area contributed by atoms with Gasteiger partial charge in [0, 0.05) is 7.05 Å². The average molecular weight is 332 g/mol. The maximum atomic E-state index is 4.55. The van der Waals surface area contributed by atoms with E-state index in [1.54, 1.807) is 0 Å². The van der Waals surface area contributed by atoms with Gasteiger partial charge in [0.25, 0.3) is 0 Å². The molecular weight excluding hydrogens is 318 g/mol. The van der Waals surface area contributed by atoms with Crippen molar-refractivity contribution in [3.63, 3.8) is 0 Å². The number of halogens is 1. The first kappa shape index (κ1) is 13.1. The molecule has 0 bridgehead atoms. The molecule has 0 spiro atoms. The van der Waals surface area contributed by atoms with E-state index in [-0.39, 0.29) is 0 Å². The van der Waals surface area contributed by atoms with E-state index in [0.717, 1.165) is 38.7 Å². The number of nitrogens with one attached hydrogen (secondary N) is 2. The van der Waals surface area contributed by atoms with Crippen LogP contribution in [0.15, 0.2) is 28.7 Å². The Morgan fingerprint density at radius 1 is 1.20 bits per heavy atom. The van der Waals surface area contributed by atoms with Gasteiger partial charge in [0.15, 0.2) is 0 Å². The maximum absolute atomic E-state index is 4.55. The number of rotatable bonds is 3. The Morgan fingerprint density at radius 3 is 2.75 bits per heavy atom. The van der Waals surface area contributed by atoms with Gasteiger partial charge in [-0.15, -0.1) is 0 Å². The van der Waals surface area contributed by atoms with Gasteiger partial charge in [0.1, 0.15) is 17.5 Å². The van der Waals surface area contributed by atoms with Gasteiger partial charge >= 0.3 is 0 Å². The lowest BCUT2D eigenvalue weighted by Gasteiger charge is -2.07. The Morgan fingerprint density at radius 2 is 2.00 bits per heavy atom. The number of benzene rings is 1. The number of nitrogens with zero attached hydrogens (tertiary/aromatic N) is 3. The number of imidazole rings is 1. The highest BCUT2D eigenvalue weighted by atomic mass is 79.9. The van der Waals surface area contributed by atoms with Crippen LogP contribution in [0.25, 0.3) is 11.0 Å². The van der Waals surface area contributed by atoms with Gasteiger partial charge in [-0.25, -0.2) is 15.0 Å². The number of hydrogen-bond donors (Lipinski definition) is 2. The number of aromatic amines is 1. The first-order valence-electron chi connectivity index (χ1n) is 6.32. The number of anilines is 1. The van der Waals surface area contributed by atoms with Crippen LogP contribution in [0.4, 0.5) is 5.82 Å². The molecule has 3 aromatic rings. The highest BCUT2D eigenvalue weighted by Crippen LogP contribution is 2.23. The summed E-state index contributed by atoms with van der Waals surface area (Å²) in [5.74, 6) is 2.41. The molecule has 0 aliphatic rings. The molecule has 2 aromatic heterocycles. The zero-order valence-electron chi connectivity index (χ0n) is 11.2. The smallest absolute Gasteiger partial charge is 0.144 e. The van der Waals surface area contributed by atoms with Crippen LogP contribution in [-0.2, 0) is 6.42 Å². The van der Waals surface area contributed by atoms with Gasteiger partial charge in [0.2, 0.25) is 0 Å². The number of aromatic nitrogens is 4. The Bertz CT molecular complexity index is 732. The highest BCUT2D eigenvalue weighted by molar-refractivity contribution is 9.10. The Labute approximate surface area is 125 Å². The van der Waals surface area contributed by atoms with Crippen LogP contribution in [-0.4, -0.2) is 27.0 Å². The van der Waals surface area contributed by atoms with Crippen molar-refractivity contribution in [1.29, 1.82) is 0 Å². The summed E-state index contributed by atoms with van der Waals surface area (Å²) in [5, 5.41) is 3.06. The molecule has 20 heavy (non-hydrogen) atoms. The number of hydrogen-bond acceptors (Lipinski definition) is 4. The lowest BCUT2D eigenvalue weighted by molar-refractivity contribution is 0.897. The normalized spacial score (nSPS) is 10.9. The highest BCUT2D eigenvalue weighted by Gasteiger charge is 2.10. The van der Waals surface area contributed by atoms with E-state index in [4.69, 9.17) is 0 Å². The first-order valence-corrected chi connectivity index (χ1v) is 7.11. The molecule has 3 rings (SSSR count). The molecule has 5 nitrogen and oxygen atoms in total. The van der Waals surface area contributed by atoms with Crippen LogP contribution in [0.5, 0.6) is 0 Å². The molecule has 0 saturated carbocycles. The fourth-order valence-corrected chi connectivity index (χ4v) is 2.48. The van der Waals surface area contributed by atoms with Gasteiger partial charge in [-0.2, -0.15) is 0 Å². The predicted octanol–water partition coefficient (Wildman–Crippen LogP) is 3.06. The van der Waals surface area contributed by atoms with Crippen LogP contribution in [0.1, 0.15) is 17.3 Å². The second-order valence-corrected chi connectivity index (χ2v) is 5.31. The summed E-state index contributed by atoms with van der Waals surface area (Å²) in [6.07, 6.45) is 0.581. The van der Waals surface area contributed by atoms with Crippen LogP contribution in [0.2, 0.25) is 0 Å². The zero-order valence-corrected chi connectivity index (χ0v) is 12.8. The minimum Gasteiger partial charge on any atom is -0.372 e. The van der Waals surface area contributed by atoms with Gasteiger partial charge in [-0.05, 0) is 35.0 Å². The zero-order chi connectivity index (χ0) is 14.1. The first-order chi connectivity index (χ1) is 9.67. The molecular formula is C14H14BrN5. The van der Waals surface area contributed by atoms with Gasteiger partial charge in [0.05, 0.1) is 27.6 Å². The van der Waals surface area contributed by atoms with Crippen LogP contribution >= 0.6 is 15.9 Å². The van der Waals surface area contributed by atoms with E-state index >= 15 is 0 Å². The fraction of sp³-hybridized carbons (Fsp3) is 0.214.